The van der Waals surface area contributed by atoms with Crippen molar-refractivity contribution in [3.8, 4) is 0 Å². The van der Waals surface area contributed by atoms with Gasteiger partial charge in [-0.05, 0) is 18.2 Å². The van der Waals surface area contributed by atoms with Crippen molar-refractivity contribution in [3.05, 3.63) is 29.3 Å². The molecule has 0 spiro atoms. The van der Waals surface area contributed by atoms with E-state index in [1.807, 2.05) is 0 Å². The van der Waals surface area contributed by atoms with Gasteiger partial charge in [0.1, 0.15) is 6.61 Å². The molecule has 0 unspecified atom stereocenters. The van der Waals surface area contributed by atoms with Crippen LogP contribution in [0.3, 0.4) is 0 Å². The molecular formula is C10H10O10S. The number of aliphatic hydroxyl groups excluding tert-OH is 1. The Morgan fingerprint density at radius 2 is 1.24 bits per heavy atom. The Kier molecular flexibility index (Phi) is 6.45. The molecule has 0 aliphatic heterocycles. The van der Waals surface area contributed by atoms with Gasteiger partial charge in [0.2, 0.25) is 0 Å². The smallest absolute Gasteiger partial charge is 0.335 e. The number of benzene rings is 1. The molecule has 0 aromatic heterocycles. The summed E-state index contributed by atoms with van der Waals surface area (Å²) in [5, 5.41) is 32.2. The largest absolute Gasteiger partial charge is 0.480 e. The highest BCUT2D eigenvalue weighted by molar-refractivity contribution is 7.85. The molecule has 5 N–H and O–H groups in total. The first-order chi connectivity index (χ1) is 9.48. The predicted octanol–water partition coefficient (Wildman–Crippen LogP) is -0.607. The summed E-state index contributed by atoms with van der Waals surface area (Å²) in [4.78, 5) is 29.5. The van der Waals surface area contributed by atoms with Crippen LogP contribution in [-0.2, 0) is 14.9 Å². The van der Waals surface area contributed by atoms with Crippen LogP contribution in [0.5, 0.6) is 0 Å². The number of carboxylic acid groups (broad SMARTS) is 3. The second-order valence-electron chi connectivity index (χ2n) is 3.38. The van der Waals surface area contributed by atoms with Crippen LogP contribution in [0.1, 0.15) is 20.7 Å². The van der Waals surface area contributed by atoms with Crippen molar-refractivity contribution in [3.63, 3.8) is 0 Å². The van der Waals surface area contributed by atoms with Gasteiger partial charge in [0.05, 0.1) is 16.0 Å². The topological polar surface area (TPSA) is 186 Å². The van der Waals surface area contributed by atoms with Crippen LogP contribution in [0.2, 0.25) is 0 Å². The van der Waals surface area contributed by atoms with E-state index in [9.17, 15) is 18.0 Å². The first-order valence-corrected chi connectivity index (χ1v) is 6.35. The average molecular weight is 322 g/mol. The zero-order chi connectivity index (χ0) is 16.8. The minimum absolute atomic E-state index is 0.535. The Hall–Kier alpha value is -2.50. The third kappa shape index (κ3) is 6.47. The second-order valence-corrected chi connectivity index (χ2v) is 4.80. The van der Waals surface area contributed by atoms with Gasteiger partial charge in [-0.25, -0.2) is 14.4 Å². The van der Waals surface area contributed by atoms with Gasteiger partial charge < -0.3 is 20.4 Å². The van der Waals surface area contributed by atoms with Crippen LogP contribution in [0.4, 0.5) is 0 Å². The Morgan fingerprint density at radius 3 is 1.43 bits per heavy atom. The summed E-state index contributed by atoms with van der Waals surface area (Å²) in [6, 6.07) is 2.13. The summed E-state index contributed by atoms with van der Waals surface area (Å²) in [6.07, 6.45) is 0. The van der Waals surface area contributed by atoms with Crippen LogP contribution in [0.25, 0.3) is 0 Å². The third-order valence-corrected chi connectivity index (χ3v) is 2.66. The van der Waals surface area contributed by atoms with Gasteiger partial charge in [-0.1, -0.05) is 0 Å². The summed E-state index contributed by atoms with van der Waals surface area (Å²) < 4.78 is 30.2. The summed E-state index contributed by atoms with van der Waals surface area (Å²) in [7, 11) is -4.64. The van der Waals surface area contributed by atoms with Crippen molar-refractivity contribution in [1.82, 2.24) is 0 Å². The number of rotatable bonds is 4. The number of carboxylic acids is 3. The summed E-state index contributed by atoms with van der Waals surface area (Å²) in [5.41, 5.74) is -1.07. The lowest BCUT2D eigenvalue weighted by molar-refractivity contribution is -0.140. The fraction of sp³-hybridized carbons (Fsp3) is 0.100. The molecule has 10 nitrogen and oxygen atoms in total. The van der Waals surface area contributed by atoms with Crippen LogP contribution >= 0.6 is 0 Å². The lowest BCUT2D eigenvalue weighted by Gasteiger charge is -2.02. The molecular weight excluding hydrogens is 312 g/mol. The van der Waals surface area contributed by atoms with Crippen molar-refractivity contribution in [1.29, 1.82) is 0 Å². The van der Waals surface area contributed by atoms with Crippen LogP contribution < -0.4 is 0 Å². The Labute approximate surface area is 117 Å². The van der Waals surface area contributed by atoms with Crippen molar-refractivity contribution < 1.29 is 47.8 Å². The van der Waals surface area contributed by atoms with Gasteiger partial charge in [0, 0.05) is 0 Å². The Balaban J connectivity index is 0.000000690. The van der Waals surface area contributed by atoms with Crippen LogP contribution in [0, 0.1) is 0 Å². The molecule has 0 bridgehead atoms. The maximum absolute atomic E-state index is 10.8. The highest BCUT2D eigenvalue weighted by Crippen LogP contribution is 2.15. The molecule has 1 aromatic rings. The molecule has 0 amide bonds. The van der Waals surface area contributed by atoms with Gasteiger partial charge in [-0.15, -0.1) is 0 Å². The molecule has 21 heavy (non-hydrogen) atoms. The van der Waals surface area contributed by atoms with E-state index < -0.39 is 50.7 Å². The van der Waals surface area contributed by atoms with E-state index in [2.05, 4.69) is 0 Å². The number of aliphatic carboxylic acids is 1. The van der Waals surface area contributed by atoms with Gasteiger partial charge in [0.15, 0.2) is 0 Å². The highest BCUT2D eigenvalue weighted by atomic mass is 32.2. The maximum Gasteiger partial charge on any atom is 0.335 e. The molecule has 0 radical (unpaired) electrons. The Morgan fingerprint density at radius 1 is 0.905 bits per heavy atom. The molecule has 0 saturated carbocycles. The summed E-state index contributed by atoms with van der Waals surface area (Å²) in [5.74, 6) is -4.18. The van der Waals surface area contributed by atoms with Gasteiger partial charge in [-0.2, -0.15) is 8.42 Å². The van der Waals surface area contributed by atoms with Gasteiger partial charge in [-0.3, -0.25) is 4.55 Å². The molecule has 11 heteroatoms. The fourth-order valence-electron chi connectivity index (χ4n) is 0.995. The zero-order valence-electron chi connectivity index (χ0n) is 10.1. The van der Waals surface area contributed by atoms with Crippen molar-refractivity contribution in [2.75, 3.05) is 6.61 Å². The zero-order valence-corrected chi connectivity index (χ0v) is 10.9. The molecule has 0 fully saturated rings. The monoisotopic (exact) mass is 322 g/mol. The Bertz CT molecular complexity index is 628. The van der Waals surface area contributed by atoms with Crippen LogP contribution in [0.15, 0.2) is 23.1 Å². The number of hydrogen-bond acceptors (Lipinski definition) is 6. The fourth-order valence-corrected chi connectivity index (χ4v) is 1.55. The van der Waals surface area contributed by atoms with Crippen molar-refractivity contribution >= 4 is 28.0 Å². The quantitative estimate of drug-likeness (QED) is 0.447. The van der Waals surface area contributed by atoms with Crippen molar-refractivity contribution in [2.45, 2.75) is 4.90 Å². The molecule has 0 aliphatic rings. The lowest BCUT2D eigenvalue weighted by atomic mass is 10.1. The lowest BCUT2D eigenvalue weighted by Crippen LogP contribution is -2.07. The van der Waals surface area contributed by atoms with E-state index in [1.165, 1.54) is 0 Å². The van der Waals surface area contributed by atoms with E-state index in [1.54, 1.807) is 0 Å². The molecule has 1 aromatic carbocycles. The third-order valence-electron chi connectivity index (χ3n) is 1.83. The van der Waals surface area contributed by atoms with Gasteiger partial charge >= 0.3 is 17.9 Å². The molecule has 0 heterocycles. The molecule has 1 rings (SSSR count). The minimum atomic E-state index is -4.64. The van der Waals surface area contributed by atoms with Crippen LogP contribution in [-0.4, -0.2) is 57.9 Å². The van der Waals surface area contributed by atoms with E-state index >= 15 is 0 Å². The first kappa shape index (κ1) is 18.5. The average Bonchev–Trinajstić information content (AvgIpc) is 2.37. The van der Waals surface area contributed by atoms with Gasteiger partial charge in [0.25, 0.3) is 10.1 Å². The molecule has 0 atom stereocenters. The number of hydrogen-bond donors (Lipinski definition) is 5. The van der Waals surface area contributed by atoms with E-state index in [4.69, 9.17) is 29.8 Å². The first-order valence-electron chi connectivity index (χ1n) is 4.91. The molecule has 116 valence electrons. The number of aromatic carboxylic acids is 2. The minimum Gasteiger partial charge on any atom is -0.480 e. The summed E-state index contributed by atoms with van der Waals surface area (Å²) >= 11 is 0. The highest BCUT2D eigenvalue weighted by Gasteiger charge is 2.17. The van der Waals surface area contributed by atoms with E-state index in [0.29, 0.717) is 12.1 Å². The molecule has 0 saturated heterocycles. The van der Waals surface area contributed by atoms with E-state index in [0.717, 1.165) is 6.07 Å². The maximum atomic E-state index is 10.8. The number of aliphatic hydroxyl groups is 1. The SMILES string of the molecule is O=C(O)CO.O=C(O)c1cc(C(=O)O)cc(S(=O)(=O)O)c1. The molecule has 0 aliphatic carbocycles. The van der Waals surface area contributed by atoms with E-state index in [-0.39, 0.29) is 0 Å². The summed E-state index contributed by atoms with van der Waals surface area (Å²) in [6.45, 7) is -0.778. The normalized spacial score (nSPS) is 10.2. The predicted molar refractivity (Wildman–Crippen MR) is 64.9 cm³/mol. The standard InChI is InChI=1S/C8H6O7S.C2H4O3/c9-7(10)4-1-5(8(11)12)3-6(2-4)16(13,14)15;3-1-2(4)5/h1-3H,(H,9,10)(H,11,12)(H,13,14,15);3H,1H2,(H,4,5). The number of carbonyl (C=O) groups is 3. The second kappa shape index (κ2) is 7.33. The van der Waals surface area contributed by atoms with Crippen molar-refractivity contribution in [2.24, 2.45) is 0 Å².